The van der Waals surface area contributed by atoms with Crippen LogP contribution < -0.4 is 0 Å². The highest BCUT2D eigenvalue weighted by molar-refractivity contribution is 5.71. The summed E-state index contributed by atoms with van der Waals surface area (Å²) in [6.07, 6.45) is 88.1. The van der Waals surface area contributed by atoms with Gasteiger partial charge in [-0.1, -0.05) is 379 Å². The van der Waals surface area contributed by atoms with Gasteiger partial charge in [-0.2, -0.15) is 0 Å². The first kappa shape index (κ1) is 79.9. The third kappa shape index (κ3) is 68.7. The normalized spacial score (nSPS) is 12.1. The van der Waals surface area contributed by atoms with E-state index >= 15 is 0 Å². The van der Waals surface area contributed by atoms with Crippen molar-refractivity contribution in [1.82, 2.24) is 0 Å². The van der Waals surface area contributed by atoms with Crippen molar-refractivity contribution in [2.24, 2.45) is 0 Å². The zero-order valence-electron chi connectivity index (χ0n) is 55.8. The molecule has 0 saturated carbocycles. The van der Waals surface area contributed by atoms with Crippen molar-refractivity contribution < 1.29 is 28.6 Å². The molecule has 0 bridgehead atoms. The molecule has 0 aliphatic carbocycles. The standard InChI is InChI=1S/C76H144O6/c1-4-7-10-13-16-19-22-24-26-28-30-31-32-33-34-35-36-37-38-39-40-41-42-43-44-45-46-48-49-51-54-57-60-63-66-69-75(78)81-72-73(71-80-74(77)68-65-62-59-56-53-21-18-15-12-9-6-3)82-76(79)70-67-64-61-58-55-52-50-47-29-27-25-23-20-17-14-11-8-5-2/h22,24,28,30,73H,4-21,23,25-27,29,31-72H2,1-3H3/b24-22-,30-28-. The maximum Gasteiger partial charge on any atom is 0.306 e. The number of carbonyl (C=O) groups excluding carboxylic acids is 3. The molecule has 0 saturated heterocycles. The van der Waals surface area contributed by atoms with Crippen LogP contribution in [0.4, 0.5) is 0 Å². The molecule has 484 valence electrons. The largest absolute Gasteiger partial charge is 0.462 e. The Labute approximate surface area is 513 Å². The molecule has 0 amide bonds. The Morgan fingerprint density at radius 3 is 0.671 bits per heavy atom. The van der Waals surface area contributed by atoms with Gasteiger partial charge in [-0.05, 0) is 51.4 Å². The summed E-state index contributed by atoms with van der Waals surface area (Å²) in [5.74, 6) is -0.828. The van der Waals surface area contributed by atoms with Crippen LogP contribution in [0, 0.1) is 0 Å². The molecule has 0 radical (unpaired) electrons. The average molecular weight is 1150 g/mol. The maximum atomic E-state index is 12.9. The molecule has 1 unspecified atom stereocenters. The van der Waals surface area contributed by atoms with Crippen LogP contribution in [0.2, 0.25) is 0 Å². The van der Waals surface area contributed by atoms with Crippen molar-refractivity contribution in [3.63, 3.8) is 0 Å². The topological polar surface area (TPSA) is 78.9 Å². The van der Waals surface area contributed by atoms with Gasteiger partial charge in [0.05, 0.1) is 0 Å². The molecule has 0 fully saturated rings. The van der Waals surface area contributed by atoms with E-state index < -0.39 is 6.10 Å². The number of allylic oxidation sites excluding steroid dienone is 4. The van der Waals surface area contributed by atoms with Gasteiger partial charge in [-0.15, -0.1) is 0 Å². The summed E-state index contributed by atoms with van der Waals surface area (Å²) >= 11 is 0. The minimum atomic E-state index is -0.765. The first-order valence-electron chi connectivity index (χ1n) is 37.3. The summed E-state index contributed by atoms with van der Waals surface area (Å²) < 4.78 is 17.0. The van der Waals surface area contributed by atoms with Crippen LogP contribution >= 0.6 is 0 Å². The molecule has 0 spiro atoms. The lowest BCUT2D eigenvalue weighted by molar-refractivity contribution is -0.167. The molecule has 82 heavy (non-hydrogen) atoms. The number of hydrogen-bond donors (Lipinski definition) is 0. The molecule has 0 aliphatic rings. The van der Waals surface area contributed by atoms with E-state index in [2.05, 4.69) is 45.1 Å². The fourth-order valence-electron chi connectivity index (χ4n) is 11.6. The van der Waals surface area contributed by atoms with Gasteiger partial charge in [-0.25, -0.2) is 0 Å². The molecule has 6 nitrogen and oxygen atoms in total. The molecule has 0 rings (SSSR count). The molecule has 1 atom stereocenters. The van der Waals surface area contributed by atoms with Gasteiger partial charge in [0.1, 0.15) is 13.2 Å². The van der Waals surface area contributed by atoms with Crippen molar-refractivity contribution in [2.75, 3.05) is 13.2 Å². The molecular formula is C76H144O6. The molecule has 0 aromatic carbocycles. The predicted molar refractivity (Wildman–Crippen MR) is 358 cm³/mol. The summed E-state index contributed by atoms with van der Waals surface area (Å²) in [4.78, 5) is 38.4. The molecule has 0 heterocycles. The van der Waals surface area contributed by atoms with Crippen molar-refractivity contribution in [3.05, 3.63) is 24.3 Å². The predicted octanol–water partition coefficient (Wildman–Crippen LogP) is 25.7. The lowest BCUT2D eigenvalue weighted by Crippen LogP contribution is -2.30. The molecule has 0 N–H and O–H groups in total. The van der Waals surface area contributed by atoms with Gasteiger partial charge in [0.2, 0.25) is 0 Å². The molecule has 0 aromatic rings. The smallest absolute Gasteiger partial charge is 0.306 e. The Balaban J connectivity index is 4.02. The van der Waals surface area contributed by atoms with Crippen LogP contribution in [0.5, 0.6) is 0 Å². The Morgan fingerprint density at radius 1 is 0.244 bits per heavy atom. The van der Waals surface area contributed by atoms with Crippen LogP contribution in [0.1, 0.15) is 425 Å². The highest BCUT2D eigenvalue weighted by atomic mass is 16.6. The number of carbonyl (C=O) groups is 3. The lowest BCUT2D eigenvalue weighted by Gasteiger charge is -2.18. The van der Waals surface area contributed by atoms with E-state index in [1.54, 1.807) is 0 Å². The third-order valence-corrected chi connectivity index (χ3v) is 17.2. The van der Waals surface area contributed by atoms with E-state index in [9.17, 15) is 14.4 Å². The highest BCUT2D eigenvalue weighted by Gasteiger charge is 2.20. The number of esters is 3. The van der Waals surface area contributed by atoms with E-state index in [1.165, 1.54) is 321 Å². The van der Waals surface area contributed by atoms with Crippen molar-refractivity contribution in [2.45, 2.75) is 431 Å². The van der Waals surface area contributed by atoms with Crippen LogP contribution in [-0.4, -0.2) is 37.2 Å². The SMILES string of the molecule is CCCCCCC/C=C\C/C=C\CCCCCCCCCCCCCCCCCCCCCCCCCC(=O)OCC(COC(=O)CCCCCCCCCCCCC)OC(=O)CCCCCCCCCCCCCCCCCCCC. The molecular weight excluding hydrogens is 1010 g/mol. The van der Waals surface area contributed by atoms with Crippen LogP contribution in [-0.2, 0) is 28.6 Å². The van der Waals surface area contributed by atoms with E-state index in [4.69, 9.17) is 14.2 Å². The second-order valence-electron chi connectivity index (χ2n) is 25.6. The van der Waals surface area contributed by atoms with Gasteiger partial charge < -0.3 is 14.2 Å². The van der Waals surface area contributed by atoms with Crippen molar-refractivity contribution in [1.29, 1.82) is 0 Å². The summed E-state index contributed by atoms with van der Waals surface area (Å²) in [6.45, 7) is 6.71. The van der Waals surface area contributed by atoms with Gasteiger partial charge >= 0.3 is 17.9 Å². The maximum absolute atomic E-state index is 12.9. The summed E-state index contributed by atoms with van der Waals surface area (Å²) in [7, 11) is 0. The highest BCUT2D eigenvalue weighted by Crippen LogP contribution is 2.19. The third-order valence-electron chi connectivity index (χ3n) is 17.2. The molecule has 0 aromatic heterocycles. The summed E-state index contributed by atoms with van der Waals surface area (Å²) in [5.41, 5.74) is 0. The van der Waals surface area contributed by atoms with Gasteiger partial charge in [0.15, 0.2) is 6.10 Å². The first-order valence-corrected chi connectivity index (χ1v) is 37.3. The molecule has 6 heteroatoms. The Hall–Kier alpha value is -2.11. The average Bonchev–Trinajstić information content (AvgIpc) is 3.47. The second-order valence-corrected chi connectivity index (χ2v) is 25.6. The number of unbranched alkanes of at least 4 members (excludes halogenated alkanes) is 55. The first-order chi connectivity index (χ1) is 40.5. The number of ether oxygens (including phenoxy) is 3. The van der Waals surface area contributed by atoms with Gasteiger partial charge in [0.25, 0.3) is 0 Å². The van der Waals surface area contributed by atoms with Crippen LogP contribution in [0.3, 0.4) is 0 Å². The quantitative estimate of drug-likeness (QED) is 0.0261. The Bertz CT molecular complexity index is 1320. The zero-order chi connectivity index (χ0) is 59.2. The van der Waals surface area contributed by atoms with Crippen LogP contribution in [0.25, 0.3) is 0 Å². The summed E-state index contributed by atoms with van der Waals surface area (Å²) in [5, 5.41) is 0. The zero-order valence-corrected chi connectivity index (χ0v) is 55.8. The van der Waals surface area contributed by atoms with Crippen molar-refractivity contribution in [3.8, 4) is 0 Å². The van der Waals surface area contributed by atoms with Crippen molar-refractivity contribution >= 4 is 17.9 Å². The monoisotopic (exact) mass is 1150 g/mol. The van der Waals surface area contributed by atoms with Gasteiger partial charge in [-0.3, -0.25) is 14.4 Å². The Kier molecular flexibility index (Phi) is 69.5. The van der Waals surface area contributed by atoms with E-state index in [0.29, 0.717) is 19.3 Å². The fourth-order valence-corrected chi connectivity index (χ4v) is 11.6. The van der Waals surface area contributed by atoms with E-state index in [1.807, 2.05) is 0 Å². The minimum Gasteiger partial charge on any atom is -0.462 e. The number of hydrogen-bond acceptors (Lipinski definition) is 6. The van der Waals surface area contributed by atoms with E-state index in [-0.39, 0.29) is 31.1 Å². The number of rotatable bonds is 70. The summed E-state index contributed by atoms with van der Waals surface area (Å²) in [6, 6.07) is 0. The van der Waals surface area contributed by atoms with E-state index in [0.717, 1.165) is 64.2 Å². The minimum absolute atomic E-state index is 0.0625. The van der Waals surface area contributed by atoms with Gasteiger partial charge in [0, 0.05) is 19.3 Å². The Morgan fingerprint density at radius 2 is 0.439 bits per heavy atom. The van der Waals surface area contributed by atoms with Crippen LogP contribution in [0.15, 0.2) is 24.3 Å². The second kappa shape index (κ2) is 71.4. The molecule has 0 aliphatic heterocycles. The lowest BCUT2D eigenvalue weighted by atomic mass is 10.0. The fraction of sp³-hybridized carbons (Fsp3) is 0.908.